The first-order chi connectivity index (χ1) is 8.67. The van der Waals surface area contributed by atoms with Gasteiger partial charge >= 0.3 is 0 Å². The van der Waals surface area contributed by atoms with Gasteiger partial charge in [-0.2, -0.15) is 0 Å². The maximum atomic E-state index is 3.72. The molecule has 2 rings (SSSR count). The Balaban J connectivity index is 1.96. The van der Waals surface area contributed by atoms with E-state index in [0.29, 0.717) is 6.04 Å². The zero-order chi connectivity index (χ0) is 13.0. The van der Waals surface area contributed by atoms with Crippen molar-refractivity contribution in [3.8, 4) is 0 Å². The van der Waals surface area contributed by atoms with Crippen LogP contribution in [0.1, 0.15) is 51.0 Å². The molecular formula is C16H24BrN. The van der Waals surface area contributed by atoms with Crippen molar-refractivity contribution >= 4 is 21.6 Å². The maximum Gasteiger partial charge on any atom is 0.0356 e. The minimum absolute atomic E-state index is 0.662. The van der Waals surface area contributed by atoms with Crippen LogP contribution in [0.25, 0.3) is 0 Å². The fraction of sp³-hybridized carbons (Fsp3) is 0.625. The quantitative estimate of drug-likeness (QED) is 0.724. The number of hydrogen-bond acceptors (Lipinski definition) is 1. The summed E-state index contributed by atoms with van der Waals surface area (Å²) in [5, 5.41) is 3.72. The Kier molecular flexibility index (Phi) is 5.11. The first-order valence-electron chi connectivity index (χ1n) is 7.21. The van der Waals surface area contributed by atoms with Crippen molar-refractivity contribution in [3.05, 3.63) is 28.2 Å². The molecule has 2 atom stereocenters. The number of anilines is 1. The Morgan fingerprint density at radius 2 is 2.00 bits per heavy atom. The number of rotatable bonds is 3. The van der Waals surface area contributed by atoms with Crippen LogP contribution >= 0.6 is 15.9 Å². The summed E-state index contributed by atoms with van der Waals surface area (Å²) in [5.41, 5.74) is 2.58. The van der Waals surface area contributed by atoms with Crippen molar-refractivity contribution in [3.63, 3.8) is 0 Å². The zero-order valence-electron chi connectivity index (χ0n) is 11.5. The van der Waals surface area contributed by atoms with E-state index in [4.69, 9.17) is 0 Å². The van der Waals surface area contributed by atoms with Crippen LogP contribution in [0.15, 0.2) is 22.7 Å². The van der Waals surface area contributed by atoms with Gasteiger partial charge in [-0.3, -0.25) is 0 Å². The second kappa shape index (κ2) is 6.60. The molecular weight excluding hydrogens is 286 g/mol. The van der Waals surface area contributed by atoms with E-state index < -0.39 is 0 Å². The van der Waals surface area contributed by atoms with E-state index in [-0.39, 0.29) is 0 Å². The van der Waals surface area contributed by atoms with Gasteiger partial charge in [0, 0.05) is 16.2 Å². The maximum absolute atomic E-state index is 3.72. The molecule has 0 saturated heterocycles. The van der Waals surface area contributed by atoms with Crippen molar-refractivity contribution in [1.82, 2.24) is 0 Å². The number of halogens is 1. The predicted octanol–water partition coefficient (Wildman–Crippen LogP) is 5.53. The third kappa shape index (κ3) is 4.01. The minimum Gasteiger partial charge on any atom is -0.382 e. The van der Waals surface area contributed by atoms with Crippen LogP contribution in [0.4, 0.5) is 5.69 Å². The lowest BCUT2D eigenvalue weighted by Crippen LogP contribution is -2.18. The molecule has 18 heavy (non-hydrogen) atoms. The molecule has 1 aliphatic rings. The van der Waals surface area contributed by atoms with Crippen molar-refractivity contribution in [2.75, 3.05) is 5.32 Å². The van der Waals surface area contributed by atoms with Gasteiger partial charge in [-0.15, -0.1) is 0 Å². The molecule has 0 aromatic heterocycles. The van der Waals surface area contributed by atoms with Gasteiger partial charge < -0.3 is 5.32 Å². The van der Waals surface area contributed by atoms with Gasteiger partial charge in [0.1, 0.15) is 0 Å². The molecule has 0 heterocycles. The summed E-state index contributed by atoms with van der Waals surface area (Å²) in [7, 11) is 0. The highest BCUT2D eigenvalue weighted by atomic mass is 79.9. The lowest BCUT2D eigenvalue weighted by atomic mass is 9.98. The smallest absolute Gasteiger partial charge is 0.0356 e. The van der Waals surface area contributed by atoms with E-state index in [2.05, 4.69) is 53.3 Å². The molecule has 1 aromatic rings. The van der Waals surface area contributed by atoms with E-state index >= 15 is 0 Å². The van der Waals surface area contributed by atoms with E-state index in [1.165, 1.54) is 54.2 Å². The average Bonchev–Trinajstić information content (AvgIpc) is 2.53. The van der Waals surface area contributed by atoms with Gasteiger partial charge in [-0.05, 0) is 55.9 Å². The van der Waals surface area contributed by atoms with E-state index in [1.54, 1.807) is 0 Å². The second-order valence-corrected chi connectivity index (χ2v) is 6.56. The fourth-order valence-electron chi connectivity index (χ4n) is 2.99. The summed E-state index contributed by atoms with van der Waals surface area (Å²) in [6, 6.07) is 7.25. The van der Waals surface area contributed by atoms with Crippen molar-refractivity contribution < 1.29 is 0 Å². The molecule has 0 spiro atoms. The van der Waals surface area contributed by atoms with Gasteiger partial charge in [-0.25, -0.2) is 0 Å². The normalized spacial score (nSPS) is 24.6. The van der Waals surface area contributed by atoms with E-state index in [1.807, 2.05) is 0 Å². The summed E-state index contributed by atoms with van der Waals surface area (Å²) >= 11 is 3.57. The minimum atomic E-state index is 0.662. The monoisotopic (exact) mass is 309 g/mol. The summed E-state index contributed by atoms with van der Waals surface area (Å²) in [5.74, 6) is 0.959. The Morgan fingerprint density at radius 1 is 1.17 bits per heavy atom. The molecule has 1 aliphatic carbocycles. The first-order valence-corrected chi connectivity index (χ1v) is 8.00. The molecule has 0 aliphatic heterocycles. The van der Waals surface area contributed by atoms with Gasteiger partial charge in [0.2, 0.25) is 0 Å². The van der Waals surface area contributed by atoms with Crippen molar-refractivity contribution in [1.29, 1.82) is 0 Å². The molecule has 100 valence electrons. The van der Waals surface area contributed by atoms with Gasteiger partial charge in [0.25, 0.3) is 0 Å². The third-order valence-corrected chi connectivity index (χ3v) is 4.54. The molecule has 1 aromatic carbocycles. The summed E-state index contributed by atoms with van der Waals surface area (Å²) in [6.07, 6.45) is 8.19. The number of benzene rings is 1. The SMILES string of the molecule is CCC1CCCC(Nc2cc(C)cc(Br)c2)CC1. The molecule has 0 radical (unpaired) electrons. The molecule has 1 fully saturated rings. The Labute approximate surface area is 119 Å². The highest BCUT2D eigenvalue weighted by Gasteiger charge is 2.17. The van der Waals surface area contributed by atoms with Crippen molar-refractivity contribution in [2.45, 2.75) is 58.4 Å². The topological polar surface area (TPSA) is 12.0 Å². The lowest BCUT2D eigenvalue weighted by molar-refractivity contribution is 0.444. The number of aryl methyl sites for hydroxylation is 1. The van der Waals surface area contributed by atoms with E-state index in [9.17, 15) is 0 Å². The van der Waals surface area contributed by atoms with Gasteiger partial charge in [-0.1, -0.05) is 42.1 Å². The molecule has 1 nitrogen and oxygen atoms in total. The van der Waals surface area contributed by atoms with Crippen molar-refractivity contribution in [2.24, 2.45) is 5.92 Å². The standard InChI is InChI=1S/C16H24BrN/c1-3-13-5-4-6-15(8-7-13)18-16-10-12(2)9-14(17)11-16/h9-11,13,15,18H,3-8H2,1-2H3. The van der Waals surface area contributed by atoms with E-state index in [0.717, 1.165) is 5.92 Å². The fourth-order valence-corrected chi connectivity index (χ4v) is 3.59. The largest absolute Gasteiger partial charge is 0.382 e. The molecule has 2 unspecified atom stereocenters. The molecule has 1 N–H and O–H groups in total. The van der Waals surface area contributed by atoms with Crippen LogP contribution in [0.2, 0.25) is 0 Å². The number of hydrogen-bond donors (Lipinski definition) is 1. The van der Waals surface area contributed by atoms with Gasteiger partial charge in [0.15, 0.2) is 0 Å². The summed E-state index contributed by atoms with van der Waals surface area (Å²) in [6.45, 7) is 4.48. The zero-order valence-corrected chi connectivity index (χ0v) is 13.1. The average molecular weight is 310 g/mol. The van der Waals surface area contributed by atoms with Crippen LogP contribution in [-0.2, 0) is 0 Å². The summed E-state index contributed by atoms with van der Waals surface area (Å²) in [4.78, 5) is 0. The highest BCUT2D eigenvalue weighted by molar-refractivity contribution is 9.10. The number of nitrogens with one attached hydrogen (secondary N) is 1. The molecule has 0 bridgehead atoms. The van der Waals surface area contributed by atoms with Crippen LogP contribution in [0, 0.1) is 12.8 Å². The second-order valence-electron chi connectivity index (χ2n) is 5.64. The van der Waals surface area contributed by atoms with Crippen LogP contribution < -0.4 is 5.32 Å². The van der Waals surface area contributed by atoms with Crippen LogP contribution in [0.5, 0.6) is 0 Å². The predicted molar refractivity (Wildman–Crippen MR) is 83.2 cm³/mol. The third-order valence-electron chi connectivity index (χ3n) is 4.08. The Morgan fingerprint density at radius 3 is 2.72 bits per heavy atom. The molecule has 1 saturated carbocycles. The molecule has 0 amide bonds. The van der Waals surface area contributed by atoms with Crippen LogP contribution in [0.3, 0.4) is 0 Å². The Hall–Kier alpha value is -0.500. The first kappa shape index (κ1) is 13.9. The van der Waals surface area contributed by atoms with Crippen LogP contribution in [-0.4, -0.2) is 6.04 Å². The Bertz CT molecular complexity index is 368. The molecule has 2 heteroatoms. The van der Waals surface area contributed by atoms with Gasteiger partial charge in [0.05, 0.1) is 0 Å². The lowest BCUT2D eigenvalue weighted by Gasteiger charge is -2.18. The highest BCUT2D eigenvalue weighted by Crippen LogP contribution is 2.28. The summed E-state index contributed by atoms with van der Waals surface area (Å²) < 4.78 is 1.17.